The zero-order valence-corrected chi connectivity index (χ0v) is 26.8. The molecule has 2 aliphatic rings. The van der Waals surface area contributed by atoms with Crippen molar-refractivity contribution < 1.29 is 0 Å². The SMILES string of the molecule is CC1(C)c2ccccc2-c2ccc(N3c4ccccc4-n4c5c3cccc5c3ccc5c(c6ccccc6n5-c5ccccc5)c34)cc21. The number of fused-ring (bicyclic) bond motifs is 12. The van der Waals surface area contributed by atoms with Gasteiger partial charge in [0.05, 0.1) is 39.1 Å². The van der Waals surface area contributed by atoms with Crippen LogP contribution in [0.15, 0.2) is 152 Å². The Bertz CT molecular complexity index is 2810. The zero-order chi connectivity index (χ0) is 31.7. The third kappa shape index (κ3) is 3.14. The lowest BCUT2D eigenvalue weighted by Gasteiger charge is -2.34. The van der Waals surface area contributed by atoms with Gasteiger partial charge in [-0.2, -0.15) is 0 Å². The highest BCUT2D eigenvalue weighted by molar-refractivity contribution is 6.28. The van der Waals surface area contributed by atoms with Gasteiger partial charge in [0, 0.05) is 38.3 Å². The molecule has 0 amide bonds. The van der Waals surface area contributed by atoms with Gasteiger partial charge in [0.25, 0.3) is 0 Å². The van der Waals surface area contributed by atoms with Crippen LogP contribution >= 0.6 is 0 Å². The molecule has 3 nitrogen and oxygen atoms in total. The number of rotatable bonds is 2. The number of nitrogens with zero attached hydrogens (tertiary/aromatic N) is 3. The summed E-state index contributed by atoms with van der Waals surface area (Å²) < 4.78 is 4.96. The van der Waals surface area contributed by atoms with Crippen molar-refractivity contribution in [2.45, 2.75) is 19.3 Å². The van der Waals surface area contributed by atoms with Crippen LogP contribution in [0, 0.1) is 0 Å². The van der Waals surface area contributed by atoms with Gasteiger partial charge in [-0.25, -0.2) is 0 Å². The van der Waals surface area contributed by atoms with Gasteiger partial charge in [0.2, 0.25) is 0 Å². The smallest absolute Gasteiger partial charge is 0.0783 e. The fourth-order valence-corrected chi connectivity index (χ4v) is 8.95. The van der Waals surface area contributed by atoms with Gasteiger partial charge in [-0.05, 0) is 76.9 Å². The molecule has 0 saturated carbocycles. The van der Waals surface area contributed by atoms with Gasteiger partial charge < -0.3 is 14.0 Å². The molecular weight excluding hydrogens is 583 g/mol. The number of hydrogen-bond donors (Lipinski definition) is 0. The quantitative estimate of drug-likeness (QED) is 0.189. The summed E-state index contributed by atoms with van der Waals surface area (Å²) in [6, 6.07) is 56.0. The van der Waals surface area contributed by atoms with Crippen molar-refractivity contribution in [1.82, 2.24) is 9.13 Å². The van der Waals surface area contributed by atoms with Gasteiger partial charge >= 0.3 is 0 Å². The molecule has 7 aromatic carbocycles. The van der Waals surface area contributed by atoms with Crippen molar-refractivity contribution in [2.75, 3.05) is 4.90 Å². The Morgan fingerprint density at radius 3 is 2.00 bits per heavy atom. The molecule has 3 heterocycles. The van der Waals surface area contributed by atoms with Crippen LogP contribution in [0.1, 0.15) is 25.0 Å². The molecule has 11 rings (SSSR count). The molecule has 0 spiro atoms. The first-order chi connectivity index (χ1) is 23.6. The van der Waals surface area contributed by atoms with Crippen LogP contribution in [0.5, 0.6) is 0 Å². The summed E-state index contributed by atoms with van der Waals surface area (Å²) in [6.45, 7) is 4.72. The Labute approximate surface area is 278 Å². The van der Waals surface area contributed by atoms with E-state index in [1.54, 1.807) is 0 Å². The van der Waals surface area contributed by atoms with Gasteiger partial charge in [-0.3, -0.25) is 0 Å². The van der Waals surface area contributed by atoms with Crippen LogP contribution in [-0.2, 0) is 5.41 Å². The molecule has 48 heavy (non-hydrogen) atoms. The molecule has 1 aliphatic heterocycles. The van der Waals surface area contributed by atoms with Gasteiger partial charge in [-0.15, -0.1) is 0 Å². The molecule has 0 radical (unpaired) electrons. The molecule has 0 saturated heterocycles. The molecule has 0 N–H and O–H groups in total. The van der Waals surface area contributed by atoms with Crippen molar-refractivity contribution in [3.05, 3.63) is 163 Å². The molecule has 1 aliphatic carbocycles. The number of benzene rings is 7. The minimum Gasteiger partial charge on any atom is -0.309 e. The number of para-hydroxylation sites is 5. The van der Waals surface area contributed by atoms with E-state index in [1.807, 2.05) is 0 Å². The molecule has 0 bridgehead atoms. The average molecular weight is 614 g/mol. The van der Waals surface area contributed by atoms with E-state index in [-0.39, 0.29) is 5.41 Å². The van der Waals surface area contributed by atoms with E-state index in [4.69, 9.17) is 0 Å². The van der Waals surface area contributed by atoms with Gasteiger partial charge in [-0.1, -0.05) is 111 Å². The first kappa shape index (κ1) is 26.1. The first-order valence-electron chi connectivity index (χ1n) is 16.8. The van der Waals surface area contributed by atoms with E-state index >= 15 is 0 Å². The minimum absolute atomic E-state index is 0.0727. The minimum atomic E-state index is -0.0727. The lowest BCUT2D eigenvalue weighted by molar-refractivity contribution is 0.660. The molecular formula is C45H31N3. The third-order valence-electron chi connectivity index (χ3n) is 11.0. The molecule has 226 valence electrons. The fourth-order valence-electron chi connectivity index (χ4n) is 8.95. The standard InChI is InChI=1S/C45H31N3/c1-45(2)35-18-8-6-15-30(35)31-24-23-29(27-36(31)45)47-38-20-10-11-21-39(38)48-43-32(17-12-22-41(43)47)33-25-26-40-42(44(33)48)34-16-7-9-19-37(34)46(40)28-13-4-3-5-14-28/h3-27H,1-2H3. The second-order valence-corrected chi connectivity index (χ2v) is 13.8. The summed E-state index contributed by atoms with van der Waals surface area (Å²) in [5.41, 5.74) is 16.3. The fraction of sp³-hybridized carbons (Fsp3) is 0.0667. The van der Waals surface area contributed by atoms with E-state index in [9.17, 15) is 0 Å². The second-order valence-electron chi connectivity index (χ2n) is 13.8. The van der Waals surface area contributed by atoms with Crippen molar-refractivity contribution in [3.63, 3.8) is 0 Å². The van der Waals surface area contributed by atoms with Crippen molar-refractivity contribution in [3.8, 4) is 22.5 Å². The Kier molecular flexibility index (Phi) is 4.91. The monoisotopic (exact) mass is 613 g/mol. The predicted molar refractivity (Wildman–Crippen MR) is 201 cm³/mol. The van der Waals surface area contributed by atoms with E-state index in [0.29, 0.717) is 0 Å². The average Bonchev–Trinajstić information content (AvgIpc) is 3.73. The third-order valence-corrected chi connectivity index (χ3v) is 11.0. The summed E-state index contributed by atoms with van der Waals surface area (Å²) in [4.78, 5) is 2.49. The molecule has 2 aromatic heterocycles. The summed E-state index contributed by atoms with van der Waals surface area (Å²) in [7, 11) is 0. The highest BCUT2D eigenvalue weighted by atomic mass is 15.2. The highest BCUT2D eigenvalue weighted by Crippen LogP contribution is 2.54. The summed E-state index contributed by atoms with van der Waals surface area (Å²) in [5, 5.41) is 5.10. The van der Waals surface area contributed by atoms with E-state index in [1.165, 1.54) is 94.3 Å². The summed E-state index contributed by atoms with van der Waals surface area (Å²) in [5.74, 6) is 0. The normalized spacial score (nSPS) is 14.2. The van der Waals surface area contributed by atoms with Crippen molar-refractivity contribution in [2.24, 2.45) is 0 Å². The molecule has 0 atom stereocenters. The van der Waals surface area contributed by atoms with Crippen LogP contribution in [0.4, 0.5) is 17.1 Å². The molecule has 0 unspecified atom stereocenters. The van der Waals surface area contributed by atoms with Crippen LogP contribution in [0.2, 0.25) is 0 Å². The maximum absolute atomic E-state index is 2.54. The Balaban J connectivity index is 1.25. The number of aromatic nitrogens is 2. The predicted octanol–water partition coefficient (Wildman–Crippen LogP) is 12.0. The Morgan fingerprint density at radius 1 is 0.417 bits per heavy atom. The Hall–Kier alpha value is -6.06. The highest BCUT2D eigenvalue weighted by Gasteiger charge is 2.37. The van der Waals surface area contributed by atoms with Crippen LogP contribution in [0.25, 0.3) is 66.1 Å². The summed E-state index contributed by atoms with van der Waals surface area (Å²) in [6.07, 6.45) is 0. The van der Waals surface area contributed by atoms with Crippen molar-refractivity contribution >= 4 is 60.7 Å². The van der Waals surface area contributed by atoms with Crippen molar-refractivity contribution in [1.29, 1.82) is 0 Å². The van der Waals surface area contributed by atoms with Crippen LogP contribution < -0.4 is 4.90 Å². The number of hydrogen-bond acceptors (Lipinski definition) is 1. The van der Waals surface area contributed by atoms with E-state index in [0.717, 1.165) is 0 Å². The summed E-state index contributed by atoms with van der Waals surface area (Å²) >= 11 is 0. The van der Waals surface area contributed by atoms with E-state index in [2.05, 4.69) is 180 Å². The maximum Gasteiger partial charge on any atom is 0.0783 e. The topological polar surface area (TPSA) is 13.1 Å². The molecule has 9 aromatic rings. The van der Waals surface area contributed by atoms with Crippen LogP contribution in [0.3, 0.4) is 0 Å². The Morgan fingerprint density at radius 2 is 1.10 bits per heavy atom. The van der Waals surface area contributed by atoms with Gasteiger partial charge in [0.15, 0.2) is 0 Å². The first-order valence-corrected chi connectivity index (χ1v) is 16.8. The largest absolute Gasteiger partial charge is 0.309 e. The lowest BCUT2D eigenvalue weighted by Crippen LogP contribution is -2.19. The lowest BCUT2D eigenvalue weighted by atomic mass is 9.82. The number of anilines is 3. The van der Waals surface area contributed by atoms with Gasteiger partial charge in [0.1, 0.15) is 0 Å². The zero-order valence-electron chi connectivity index (χ0n) is 26.8. The molecule has 3 heteroatoms. The van der Waals surface area contributed by atoms with E-state index < -0.39 is 0 Å². The molecule has 0 fully saturated rings. The van der Waals surface area contributed by atoms with Crippen LogP contribution in [-0.4, -0.2) is 9.13 Å². The second kappa shape index (κ2) is 9.05. The maximum atomic E-state index is 2.54.